The first-order valence-electron chi connectivity index (χ1n) is 7.08. The molecule has 8 nitrogen and oxygen atoms in total. The molecule has 1 aliphatic rings. The first-order valence-corrected chi connectivity index (χ1v) is 8.93. The number of nitrogens with zero attached hydrogens (tertiary/aromatic N) is 1. The molecule has 1 atom stereocenters. The van der Waals surface area contributed by atoms with Gasteiger partial charge in [-0.15, -0.1) is 0 Å². The largest absolute Gasteiger partial charge is 0.465 e. The van der Waals surface area contributed by atoms with Gasteiger partial charge in [-0.2, -0.15) is 4.31 Å². The van der Waals surface area contributed by atoms with Crippen LogP contribution in [-0.2, 0) is 26.1 Å². The van der Waals surface area contributed by atoms with Gasteiger partial charge in [0, 0.05) is 13.1 Å². The quantitative estimate of drug-likeness (QED) is 0.697. The summed E-state index contributed by atoms with van der Waals surface area (Å²) in [6.45, 7) is 1.74. The number of fused-ring (bicyclic) bond motifs is 1. The number of hydrogen-bond acceptors (Lipinski definition) is 7. The summed E-state index contributed by atoms with van der Waals surface area (Å²) in [5, 5.41) is 0. The molecule has 128 valence electrons. The summed E-state index contributed by atoms with van der Waals surface area (Å²) in [7, 11) is -3.67. The van der Waals surface area contributed by atoms with Crippen molar-refractivity contribution in [3.63, 3.8) is 0 Å². The number of esters is 1. The predicted molar refractivity (Wildman–Crippen MR) is 82.4 cm³/mol. The number of ether oxygens (including phenoxy) is 3. The van der Waals surface area contributed by atoms with Gasteiger partial charge < -0.3 is 19.9 Å². The maximum atomic E-state index is 12.1. The SMILES string of the molecule is CCOC(=O)[C@@H](CN)N(Cc1ccc2c(c1)OCO2)S(C)(=O)=O. The van der Waals surface area contributed by atoms with E-state index in [0.717, 1.165) is 10.6 Å². The maximum absolute atomic E-state index is 12.1. The second-order valence-corrected chi connectivity index (χ2v) is 6.93. The van der Waals surface area contributed by atoms with Gasteiger partial charge in [-0.25, -0.2) is 8.42 Å². The Kier molecular flexibility index (Phi) is 5.45. The Morgan fingerprint density at radius 1 is 1.39 bits per heavy atom. The van der Waals surface area contributed by atoms with Gasteiger partial charge in [-0.1, -0.05) is 6.07 Å². The maximum Gasteiger partial charge on any atom is 0.325 e. The number of hydrogen-bond donors (Lipinski definition) is 1. The summed E-state index contributed by atoms with van der Waals surface area (Å²) in [6.07, 6.45) is 1.03. The molecule has 1 aromatic carbocycles. The minimum Gasteiger partial charge on any atom is -0.465 e. The first-order chi connectivity index (χ1) is 10.9. The van der Waals surface area contributed by atoms with Crippen molar-refractivity contribution >= 4 is 16.0 Å². The smallest absolute Gasteiger partial charge is 0.325 e. The zero-order chi connectivity index (χ0) is 17.0. The number of carbonyl (C=O) groups excluding carboxylic acids is 1. The van der Waals surface area contributed by atoms with Crippen molar-refractivity contribution in [3.8, 4) is 11.5 Å². The highest BCUT2D eigenvalue weighted by molar-refractivity contribution is 7.88. The van der Waals surface area contributed by atoms with Crippen molar-refractivity contribution in [2.45, 2.75) is 19.5 Å². The van der Waals surface area contributed by atoms with Crippen LogP contribution in [0.3, 0.4) is 0 Å². The number of nitrogens with two attached hydrogens (primary N) is 1. The van der Waals surface area contributed by atoms with Crippen LogP contribution in [0.25, 0.3) is 0 Å². The lowest BCUT2D eigenvalue weighted by Gasteiger charge is -2.27. The summed E-state index contributed by atoms with van der Waals surface area (Å²) in [5.41, 5.74) is 6.25. The van der Waals surface area contributed by atoms with E-state index in [0.29, 0.717) is 17.1 Å². The Bertz CT molecular complexity index is 676. The van der Waals surface area contributed by atoms with Crippen LogP contribution in [-0.4, -0.2) is 50.9 Å². The highest BCUT2D eigenvalue weighted by Gasteiger charge is 2.32. The first kappa shape index (κ1) is 17.5. The third-order valence-electron chi connectivity index (χ3n) is 3.33. The van der Waals surface area contributed by atoms with Gasteiger partial charge in [0.05, 0.1) is 12.9 Å². The van der Waals surface area contributed by atoms with Crippen LogP contribution in [0.4, 0.5) is 0 Å². The van der Waals surface area contributed by atoms with Crippen LogP contribution in [0, 0.1) is 0 Å². The monoisotopic (exact) mass is 344 g/mol. The van der Waals surface area contributed by atoms with Gasteiger partial charge in [0.2, 0.25) is 16.8 Å². The van der Waals surface area contributed by atoms with Crippen LogP contribution in [0.5, 0.6) is 11.5 Å². The predicted octanol–water partition coefficient (Wildman–Crippen LogP) is 0.0673. The highest BCUT2D eigenvalue weighted by Crippen LogP contribution is 2.33. The molecule has 0 fully saturated rings. The molecule has 0 saturated heterocycles. The Morgan fingerprint density at radius 3 is 2.70 bits per heavy atom. The van der Waals surface area contributed by atoms with Crippen molar-refractivity contribution in [2.75, 3.05) is 26.2 Å². The standard InChI is InChI=1S/C14H20N2O6S/c1-3-20-14(17)11(7-15)16(23(2,18)19)8-10-4-5-12-13(6-10)22-9-21-12/h4-6,11H,3,7-9,15H2,1-2H3/t11-/m1/s1. The van der Waals surface area contributed by atoms with Crippen molar-refractivity contribution in [1.29, 1.82) is 0 Å². The van der Waals surface area contributed by atoms with Crippen LogP contribution in [0.15, 0.2) is 18.2 Å². The van der Waals surface area contributed by atoms with E-state index in [1.165, 1.54) is 0 Å². The van der Waals surface area contributed by atoms with E-state index in [1.54, 1.807) is 25.1 Å². The molecule has 0 amide bonds. The molecule has 0 unspecified atom stereocenters. The molecule has 0 spiro atoms. The van der Waals surface area contributed by atoms with Crippen molar-refractivity contribution < 1.29 is 27.4 Å². The van der Waals surface area contributed by atoms with E-state index in [-0.39, 0.29) is 26.5 Å². The Morgan fingerprint density at radius 2 is 2.09 bits per heavy atom. The van der Waals surface area contributed by atoms with E-state index in [4.69, 9.17) is 19.9 Å². The fourth-order valence-electron chi connectivity index (χ4n) is 2.25. The summed E-state index contributed by atoms with van der Waals surface area (Å²) < 4.78 is 40.6. The second kappa shape index (κ2) is 7.16. The minimum atomic E-state index is -3.67. The zero-order valence-corrected chi connectivity index (χ0v) is 13.8. The molecule has 2 N–H and O–H groups in total. The summed E-state index contributed by atoms with van der Waals surface area (Å²) >= 11 is 0. The normalized spacial score (nSPS) is 14.8. The Labute approximate surface area is 135 Å². The van der Waals surface area contributed by atoms with Gasteiger partial charge >= 0.3 is 5.97 Å². The molecular weight excluding hydrogens is 324 g/mol. The highest BCUT2D eigenvalue weighted by atomic mass is 32.2. The van der Waals surface area contributed by atoms with Gasteiger partial charge in [-0.05, 0) is 24.6 Å². The molecule has 0 aliphatic carbocycles. The fraction of sp³-hybridized carbons (Fsp3) is 0.500. The lowest BCUT2D eigenvalue weighted by atomic mass is 10.2. The molecule has 1 aromatic rings. The van der Waals surface area contributed by atoms with Crippen molar-refractivity contribution in [3.05, 3.63) is 23.8 Å². The number of rotatable bonds is 7. The van der Waals surface area contributed by atoms with Crippen molar-refractivity contribution in [2.24, 2.45) is 5.73 Å². The molecule has 0 saturated carbocycles. The lowest BCUT2D eigenvalue weighted by Crippen LogP contribution is -2.49. The van der Waals surface area contributed by atoms with Gasteiger partial charge in [0.1, 0.15) is 6.04 Å². The summed E-state index contributed by atoms with van der Waals surface area (Å²) in [6, 6.07) is 4.01. The molecule has 0 radical (unpaired) electrons. The van der Waals surface area contributed by atoms with Crippen LogP contribution in [0.1, 0.15) is 12.5 Å². The molecule has 2 rings (SSSR count). The van der Waals surface area contributed by atoms with E-state index in [1.807, 2.05) is 0 Å². The molecular formula is C14H20N2O6S. The number of carbonyl (C=O) groups is 1. The molecule has 1 heterocycles. The van der Waals surface area contributed by atoms with Gasteiger partial charge in [0.25, 0.3) is 0 Å². The van der Waals surface area contributed by atoms with E-state index < -0.39 is 22.0 Å². The third-order valence-corrected chi connectivity index (χ3v) is 4.57. The molecule has 9 heteroatoms. The van der Waals surface area contributed by atoms with Gasteiger partial charge in [0.15, 0.2) is 11.5 Å². The summed E-state index contributed by atoms with van der Waals surface area (Å²) in [4.78, 5) is 12.0. The van der Waals surface area contributed by atoms with E-state index >= 15 is 0 Å². The second-order valence-electron chi connectivity index (χ2n) is 5.00. The minimum absolute atomic E-state index is 0.0177. The number of sulfonamides is 1. The van der Waals surface area contributed by atoms with E-state index in [9.17, 15) is 13.2 Å². The molecule has 23 heavy (non-hydrogen) atoms. The third kappa shape index (κ3) is 4.12. The van der Waals surface area contributed by atoms with E-state index in [2.05, 4.69) is 0 Å². The van der Waals surface area contributed by atoms with Crippen molar-refractivity contribution in [1.82, 2.24) is 4.31 Å². The molecule has 0 aromatic heterocycles. The Balaban J connectivity index is 2.27. The van der Waals surface area contributed by atoms with Gasteiger partial charge in [-0.3, -0.25) is 4.79 Å². The topological polar surface area (TPSA) is 108 Å². The average molecular weight is 344 g/mol. The summed E-state index contributed by atoms with van der Waals surface area (Å²) in [5.74, 6) is 0.470. The zero-order valence-electron chi connectivity index (χ0n) is 13.0. The van der Waals surface area contributed by atoms with Crippen LogP contribution >= 0.6 is 0 Å². The Hall–Kier alpha value is -1.84. The molecule has 0 bridgehead atoms. The average Bonchev–Trinajstić information content (AvgIpc) is 2.94. The van der Waals surface area contributed by atoms with Crippen LogP contribution < -0.4 is 15.2 Å². The molecule has 1 aliphatic heterocycles. The lowest BCUT2D eigenvalue weighted by molar-refractivity contribution is -0.147. The number of benzene rings is 1. The van der Waals surface area contributed by atoms with Crippen LogP contribution in [0.2, 0.25) is 0 Å². The fourth-order valence-corrected chi connectivity index (χ4v) is 3.27.